The maximum atomic E-state index is 14.1. The van der Waals surface area contributed by atoms with E-state index in [0.717, 1.165) is 49.9 Å². The van der Waals surface area contributed by atoms with Gasteiger partial charge in [0.2, 0.25) is 5.91 Å². The van der Waals surface area contributed by atoms with E-state index in [9.17, 15) is 9.59 Å². The zero-order valence-electron chi connectivity index (χ0n) is 20.9. The van der Waals surface area contributed by atoms with Gasteiger partial charge < -0.3 is 25.6 Å². The lowest BCUT2D eigenvalue weighted by Crippen LogP contribution is -2.51. The number of benzene rings is 2. The maximum absolute atomic E-state index is 14.1. The number of urea groups is 1. The number of nitrogens with zero attached hydrogens (tertiary/aromatic N) is 3. The van der Waals surface area contributed by atoms with Gasteiger partial charge in [0.05, 0.1) is 24.6 Å². The summed E-state index contributed by atoms with van der Waals surface area (Å²) in [5.41, 5.74) is 4.30. The number of nitrogens with one attached hydrogen (secondary N) is 4. The molecule has 0 unspecified atom stereocenters. The third-order valence-corrected chi connectivity index (χ3v) is 8.18. The Hall–Kier alpha value is -3.66. The predicted molar refractivity (Wildman–Crippen MR) is 140 cm³/mol. The summed E-state index contributed by atoms with van der Waals surface area (Å²) in [6, 6.07) is 13.3. The third kappa shape index (κ3) is 4.50. The molecule has 1 aromatic heterocycles. The number of ether oxygens (including phenoxy) is 1. The summed E-state index contributed by atoms with van der Waals surface area (Å²) < 4.78 is 5.52. The number of rotatable bonds is 5. The molecule has 5 atom stereocenters. The second-order valence-electron chi connectivity index (χ2n) is 10.3. The Labute approximate surface area is 215 Å². The first-order chi connectivity index (χ1) is 18.1. The van der Waals surface area contributed by atoms with Crippen molar-refractivity contribution in [2.24, 2.45) is 11.8 Å². The van der Waals surface area contributed by atoms with Crippen LogP contribution in [-0.2, 0) is 9.53 Å². The van der Waals surface area contributed by atoms with E-state index < -0.39 is 0 Å². The Balaban J connectivity index is 1.19. The van der Waals surface area contributed by atoms with Crippen molar-refractivity contribution in [3.63, 3.8) is 0 Å². The summed E-state index contributed by atoms with van der Waals surface area (Å²) in [7, 11) is 1.72. The van der Waals surface area contributed by atoms with Crippen LogP contribution in [0.15, 0.2) is 42.5 Å². The Kier molecular flexibility index (Phi) is 6.42. The van der Waals surface area contributed by atoms with Crippen LogP contribution in [0.5, 0.6) is 0 Å². The van der Waals surface area contributed by atoms with Crippen LogP contribution < -0.4 is 16.0 Å². The molecule has 37 heavy (non-hydrogen) atoms. The molecule has 4 N–H and O–H groups in total. The van der Waals surface area contributed by atoms with Crippen molar-refractivity contribution in [1.82, 2.24) is 25.6 Å². The van der Waals surface area contributed by atoms with Gasteiger partial charge in [-0.05, 0) is 49.1 Å². The molecule has 0 bridgehead atoms. The normalized spacial score (nSPS) is 26.7. The molecule has 3 aromatic rings. The van der Waals surface area contributed by atoms with Gasteiger partial charge in [-0.2, -0.15) is 15.4 Å². The van der Waals surface area contributed by atoms with Crippen LogP contribution in [-0.4, -0.2) is 64.6 Å². The molecule has 10 nitrogen and oxygen atoms in total. The predicted octanol–water partition coefficient (Wildman–Crippen LogP) is 3.67. The van der Waals surface area contributed by atoms with Crippen LogP contribution in [0, 0.1) is 11.8 Å². The maximum Gasteiger partial charge on any atom is 0.319 e. The number of carbonyl (C=O) groups excluding carboxylic acids is 2. The number of anilines is 2. The van der Waals surface area contributed by atoms with Gasteiger partial charge in [0.15, 0.2) is 0 Å². The minimum atomic E-state index is -0.306. The lowest BCUT2D eigenvalue weighted by atomic mass is 9.81. The first kappa shape index (κ1) is 23.7. The van der Waals surface area contributed by atoms with Crippen LogP contribution in [0.3, 0.4) is 0 Å². The molecule has 6 rings (SSSR count). The molecule has 0 radical (unpaired) electrons. The van der Waals surface area contributed by atoms with Crippen molar-refractivity contribution in [3.05, 3.63) is 48.0 Å². The van der Waals surface area contributed by atoms with Crippen molar-refractivity contribution < 1.29 is 14.3 Å². The zero-order chi connectivity index (χ0) is 25.4. The lowest BCUT2D eigenvalue weighted by molar-refractivity contribution is -0.138. The van der Waals surface area contributed by atoms with Gasteiger partial charge in [0.25, 0.3) is 0 Å². The lowest BCUT2D eigenvalue weighted by Gasteiger charge is -2.41. The highest BCUT2D eigenvalue weighted by Crippen LogP contribution is 2.47. The van der Waals surface area contributed by atoms with Crippen molar-refractivity contribution in [2.75, 3.05) is 30.9 Å². The van der Waals surface area contributed by atoms with Crippen molar-refractivity contribution >= 4 is 34.3 Å². The topological polar surface area (TPSA) is 124 Å². The second-order valence-corrected chi connectivity index (χ2v) is 10.3. The van der Waals surface area contributed by atoms with E-state index in [1.54, 1.807) is 25.3 Å². The average Bonchev–Trinajstić information content (AvgIpc) is 3.56. The number of para-hydroxylation sites is 1. The van der Waals surface area contributed by atoms with E-state index >= 15 is 0 Å². The minimum absolute atomic E-state index is 0.0238. The average molecular weight is 504 g/mol. The molecule has 2 aromatic carbocycles. The molecule has 2 aliphatic heterocycles. The fraction of sp³-hybridized carbons (Fsp3) is 0.481. The van der Waals surface area contributed by atoms with Crippen molar-refractivity contribution in [2.45, 2.75) is 50.2 Å². The van der Waals surface area contributed by atoms with Crippen LogP contribution in [0.4, 0.5) is 16.2 Å². The molecular weight excluding hydrogens is 470 g/mol. The SMILES string of the molecule is COC[C@@H]1Nc2ccccc2[C@H]2[C@H]1CCN2C(=O)[C@H]1CCCC[C@H]1NC(=O)Nc1ccc2n[nH]nc2c1. The quantitative estimate of drug-likeness (QED) is 0.421. The van der Waals surface area contributed by atoms with E-state index in [1.165, 1.54) is 5.56 Å². The number of hydrogen-bond donors (Lipinski definition) is 4. The highest BCUT2D eigenvalue weighted by Gasteiger charge is 2.48. The van der Waals surface area contributed by atoms with E-state index in [1.807, 2.05) is 12.1 Å². The third-order valence-electron chi connectivity index (χ3n) is 8.18. The monoisotopic (exact) mass is 503 g/mol. The number of aromatic amines is 1. The number of H-pyrrole nitrogens is 1. The smallest absolute Gasteiger partial charge is 0.319 e. The molecule has 10 heteroatoms. The molecule has 1 saturated heterocycles. The molecule has 3 amide bonds. The fourth-order valence-electron chi connectivity index (χ4n) is 6.49. The Bertz CT molecular complexity index is 1290. The van der Waals surface area contributed by atoms with Gasteiger partial charge in [-0.3, -0.25) is 4.79 Å². The largest absolute Gasteiger partial charge is 0.383 e. The fourth-order valence-corrected chi connectivity index (χ4v) is 6.49. The summed E-state index contributed by atoms with van der Waals surface area (Å²) in [4.78, 5) is 29.1. The summed E-state index contributed by atoms with van der Waals surface area (Å²) >= 11 is 0. The van der Waals surface area contributed by atoms with Gasteiger partial charge in [-0.25, -0.2) is 4.79 Å². The van der Waals surface area contributed by atoms with Crippen LogP contribution in [0.25, 0.3) is 11.0 Å². The Morgan fingerprint density at radius 3 is 2.81 bits per heavy atom. The van der Waals surface area contributed by atoms with E-state index in [-0.39, 0.29) is 36.0 Å². The number of hydrogen-bond acceptors (Lipinski definition) is 6. The van der Waals surface area contributed by atoms with E-state index in [0.29, 0.717) is 23.7 Å². The van der Waals surface area contributed by atoms with Crippen LogP contribution in [0.1, 0.15) is 43.7 Å². The molecule has 194 valence electrons. The number of amides is 3. The Morgan fingerprint density at radius 1 is 1.08 bits per heavy atom. The van der Waals surface area contributed by atoms with Crippen LogP contribution in [0.2, 0.25) is 0 Å². The van der Waals surface area contributed by atoms with Crippen molar-refractivity contribution in [1.29, 1.82) is 0 Å². The second kappa shape index (κ2) is 10.0. The molecular formula is C27H33N7O3. The van der Waals surface area contributed by atoms with Gasteiger partial charge in [-0.1, -0.05) is 31.0 Å². The molecule has 0 spiro atoms. The standard InChI is InChI=1S/C27H33N7O3/c1-37-15-24-18-12-13-34(25(18)17-6-2-4-8-20(17)29-24)26(35)19-7-3-5-9-21(19)30-27(36)28-16-10-11-22-23(14-16)32-33-31-22/h2,4,6,8,10-11,14,18-19,21,24-25,29H,3,5,7,9,12-13,15H2,1H3,(H2,28,30,36)(H,31,32,33)/t18-,19-,21+,24-,25-/m0/s1. The zero-order valence-corrected chi connectivity index (χ0v) is 20.9. The number of carbonyl (C=O) groups is 2. The van der Waals surface area contributed by atoms with E-state index in [4.69, 9.17) is 4.74 Å². The molecule has 1 aliphatic carbocycles. The number of likely N-dealkylation sites (tertiary alicyclic amines) is 1. The minimum Gasteiger partial charge on any atom is -0.383 e. The van der Waals surface area contributed by atoms with Gasteiger partial charge in [0.1, 0.15) is 11.0 Å². The number of methoxy groups -OCH3 is 1. The molecule has 3 aliphatic rings. The number of aromatic nitrogens is 3. The Morgan fingerprint density at radius 2 is 1.92 bits per heavy atom. The number of fused-ring (bicyclic) bond motifs is 4. The molecule has 2 fully saturated rings. The molecule has 3 heterocycles. The highest BCUT2D eigenvalue weighted by atomic mass is 16.5. The van der Waals surface area contributed by atoms with Gasteiger partial charge >= 0.3 is 6.03 Å². The van der Waals surface area contributed by atoms with Gasteiger partial charge in [-0.15, -0.1) is 0 Å². The van der Waals surface area contributed by atoms with Crippen molar-refractivity contribution in [3.8, 4) is 0 Å². The highest BCUT2D eigenvalue weighted by molar-refractivity contribution is 5.92. The summed E-state index contributed by atoms with van der Waals surface area (Å²) in [6.07, 6.45) is 4.49. The summed E-state index contributed by atoms with van der Waals surface area (Å²) in [5, 5.41) is 20.3. The van der Waals surface area contributed by atoms with Crippen LogP contribution >= 0.6 is 0 Å². The van der Waals surface area contributed by atoms with Gasteiger partial charge in [0, 0.05) is 37.0 Å². The van der Waals surface area contributed by atoms with E-state index in [2.05, 4.69) is 48.4 Å². The summed E-state index contributed by atoms with van der Waals surface area (Å²) in [6.45, 7) is 1.32. The first-order valence-corrected chi connectivity index (χ1v) is 13.2. The molecule has 1 saturated carbocycles. The summed E-state index contributed by atoms with van der Waals surface area (Å²) in [5.74, 6) is 0.206. The first-order valence-electron chi connectivity index (χ1n) is 13.2.